The lowest BCUT2D eigenvalue weighted by Crippen LogP contribution is -2.41. The van der Waals surface area contributed by atoms with Gasteiger partial charge in [0.25, 0.3) is 0 Å². The molecular formula is C18H30BN3O2. The fourth-order valence-electron chi connectivity index (χ4n) is 3.15. The van der Waals surface area contributed by atoms with Crippen molar-refractivity contribution in [3.63, 3.8) is 0 Å². The van der Waals surface area contributed by atoms with Crippen LogP contribution in [0.1, 0.15) is 47.0 Å². The molecule has 1 aromatic heterocycles. The zero-order chi connectivity index (χ0) is 17.2. The number of likely N-dealkylation sites (tertiary alicyclic amines) is 1. The minimum atomic E-state index is -0.391. The number of pyridine rings is 1. The minimum absolute atomic E-state index is 0.329. The van der Waals surface area contributed by atoms with Crippen molar-refractivity contribution in [2.45, 2.75) is 58.2 Å². The van der Waals surface area contributed by atoms with Gasteiger partial charge in [-0.15, -0.1) is 0 Å². The summed E-state index contributed by atoms with van der Waals surface area (Å²) in [6, 6.07) is 4.05. The maximum Gasteiger partial charge on any atom is 0.514 e. The van der Waals surface area contributed by atoms with E-state index < -0.39 is 7.12 Å². The maximum absolute atomic E-state index is 6.04. The molecule has 132 valence electrons. The van der Waals surface area contributed by atoms with Gasteiger partial charge in [0, 0.05) is 19.3 Å². The molecule has 0 amide bonds. The van der Waals surface area contributed by atoms with E-state index >= 15 is 0 Å². The first-order valence-corrected chi connectivity index (χ1v) is 9.15. The molecule has 0 aliphatic carbocycles. The fraction of sp³-hybridized carbons (Fsp3) is 0.722. The molecule has 0 saturated carbocycles. The Balaban J connectivity index is 1.50. The second-order valence-electron chi connectivity index (χ2n) is 7.89. The number of hydrogen-bond donors (Lipinski definition) is 1. The molecule has 1 N–H and O–H groups in total. The van der Waals surface area contributed by atoms with Crippen LogP contribution in [0.15, 0.2) is 18.3 Å². The number of aromatic nitrogens is 1. The molecule has 5 nitrogen and oxygen atoms in total. The number of rotatable bonds is 5. The third-order valence-electron chi connectivity index (χ3n) is 5.49. The molecule has 24 heavy (non-hydrogen) atoms. The Morgan fingerprint density at radius 2 is 1.75 bits per heavy atom. The van der Waals surface area contributed by atoms with Crippen LogP contribution in [0.2, 0.25) is 0 Å². The second-order valence-corrected chi connectivity index (χ2v) is 7.89. The molecule has 0 atom stereocenters. The normalized spacial score (nSPS) is 23.4. The lowest BCUT2D eigenvalue weighted by Gasteiger charge is -2.32. The summed E-state index contributed by atoms with van der Waals surface area (Å²) in [5.41, 5.74) is 1.22. The first kappa shape index (κ1) is 17.7. The molecule has 0 bridgehead atoms. The van der Waals surface area contributed by atoms with Crippen molar-refractivity contribution in [2.75, 3.05) is 31.5 Å². The van der Waals surface area contributed by atoms with Gasteiger partial charge in [0.1, 0.15) is 0 Å². The molecular weight excluding hydrogens is 301 g/mol. The average Bonchev–Trinajstić information content (AvgIpc) is 2.77. The molecule has 0 radical (unpaired) electrons. The molecule has 0 unspecified atom stereocenters. The number of nitrogens with zero attached hydrogens (tertiary/aromatic N) is 2. The van der Waals surface area contributed by atoms with E-state index in [-0.39, 0.29) is 11.2 Å². The largest absolute Gasteiger partial charge is 0.514 e. The molecule has 2 aliphatic rings. The van der Waals surface area contributed by atoms with Gasteiger partial charge >= 0.3 is 7.12 Å². The van der Waals surface area contributed by atoms with Gasteiger partial charge < -0.3 is 19.5 Å². The van der Waals surface area contributed by atoms with Crippen LogP contribution in [0.5, 0.6) is 0 Å². The highest BCUT2D eigenvalue weighted by Gasteiger charge is 2.52. The van der Waals surface area contributed by atoms with Crippen molar-refractivity contribution < 1.29 is 9.31 Å². The summed E-state index contributed by atoms with van der Waals surface area (Å²) in [6.07, 6.45) is 5.93. The Morgan fingerprint density at radius 1 is 1.08 bits per heavy atom. The predicted molar refractivity (Wildman–Crippen MR) is 98.7 cm³/mol. The van der Waals surface area contributed by atoms with Gasteiger partial charge in [-0.25, -0.2) is 0 Å². The standard InChI is InChI=1S/C18H30BN3O2/c1-17(2)18(3,4)24-19(23-17)16-9-8-15(14-21-16)20-10-13-22-11-6-5-7-12-22/h8-9,14,20H,5-7,10-13H2,1-4H3. The first-order chi connectivity index (χ1) is 11.4. The summed E-state index contributed by atoms with van der Waals surface area (Å²) < 4.78 is 12.1. The van der Waals surface area contributed by atoms with Crippen LogP contribution in [0.4, 0.5) is 5.69 Å². The summed E-state index contributed by atoms with van der Waals surface area (Å²) in [5, 5.41) is 3.46. The van der Waals surface area contributed by atoms with E-state index in [1.807, 2.05) is 12.3 Å². The first-order valence-electron chi connectivity index (χ1n) is 9.15. The molecule has 6 heteroatoms. The number of anilines is 1. The zero-order valence-corrected chi connectivity index (χ0v) is 15.5. The fourth-order valence-corrected chi connectivity index (χ4v) is 3.15. The van der Waals surface area contributed by atoms with Crippen molar-refractivity contribution in [2.24, 2.45) is 0 Å². The van der Waals surface area contributed by atoms with Gasteiger partial charge in [0.2, 0.25) is 0 Å². The van der Waals surface area contributed by atoms with Crippen LogP contribution in [0.25, 0.3) is 0 Å². The molecule has 1 aromatic rings. The van der Waals surface area contributed by atoms with Gasteiger partial charge in [-0.05, 0) is 65.8 Å². The maximum atomic E-state index is 6.04. The van der Waals surface area contributed by atoms with Crippen molar-refractivity contribution in [1.29, 1.82) is 0 Å². The Kier molecular flexibility index (Phi) is 5.18. The molecule has 2 fully saturated rings. The SMILES string of the molecule is CC1(C)OB(c2ccc(NCCN3CCCCC3)cn2)OC1(C)C. The summed E-state index contributed by atoms with van der Waals surface area (Å²) in [7, 11) is -0.391. The molecule has 0 spiro atoms. The van der Waals surface area contributed by atoms with Gasteiger partial charge in [-0.3, -0.25) is 4.98 Å². The lowest BCUT2D eigenvalue weighted by atomic mass is 9.84. The number of nitrogens with one attached hydrogen (secondary N) is 1. The summed E-state index contributed by atoms with van der Waals surface area (Å²) in [6.45, 7) is 12.8. The third kappa shape index (κ3) is 3.93. The third-order valence-corrected chi connectivity index (χ3v) is 5.49. The monoisotopic (exact) mass is 331 g/mol. The molecule has 2 saturated heterocycles. The summed E-state index contributed by atoms with van der Waals surface area (Å²) >= 11 is 0. The average molecular weight is 331 g/mol. The second kappa shape index (κ2) is 7.02. The van der Waals surface area contributed by atoms with E-state index in [1.54, 1.807) is 0 Å². The molecule has 3 heterocycles. The van der Waals surface area contributed by atoms with E-state index in [1.165, 1.54) is 32.4 Å². The highest BCUT2D eigenvalue weighted by Crippen LogP contribution is 2.36. The topological polar surface area (TPSA) is 46.6 Å². The van der Waals surface area contributed by atoms with Crippen LogP contribution in [0.3, 0.4) is 0 Å². The van der Waals surface area contributed by atoms with Crippen molar-refractivity contribution >= 4 is 18.4 Å². The quantitative estimate of drug-likeness (QED) is 0.839. The number of piperidine rings is 1. The Labute approximate surface area is 146 Å². The van der Waals surface area contributed by atoms with Gasteiger partial charge in [0.15, 0.2) is 0 Å². The Bertz CT molecular complexity index is 526. The summed E-state index contributed by atoms with van der Waals surface area (Å²) in [4.78, 5) is 7.06. The van der Waals surface area contributed by atoms with Gasteiger partial charge in [-0.2, -0.15) is 0 Å². The highest BCUT2D eigenvalue weighted by molar-refractivity contribution is 6.61. The number of hydrogen-bond acceptors (Lipinski definition) is 5. The van der Waals surface area contributed by atoms with E-state index in [9.17, 15) is 0 Å². The van der Waals surface area contributed by atoms with E-state index in [2.05, 4.69) is 49.0 Å². The van der Waals surface area contributed by atoms with Crippen molar-refractivity contribution in [1.82, 2.24) is 9.88 Å². The summed E-state index contributed by atoms with van der Waals surface area (Å²) in [5.74, 6) is 0. The minimum Gasteiger partial charge on any atom is -0.398 e. The van der Waals surface area contributed by atoms with E-state index in [0.29, 0.717) is 0 Å². The smallest absolute Gasteiger partial charge is 0.398 e. The van der Waals surface area contributed by atoms with Crippen molar-refractivity contribution in [3.8, 4) is 0 Å². The van der Waals surface area contributed by atoms with Crippen LogP contribution in [-0.2, 0) is 9.31 Å². The molecule has 3 rings (SSSR count). The van der Waals surface area contributed by atoms with Gasteiger partial charge in [-0.1, -0.05) is 6.42 Å². The van der Waals surface area contributed by atoms with Crippen LogP contribution < -0.4 is 10.9 Å². The molecule has 0 aromatic carbocycles. The molecule has 2 aliphatic heterocycles. The van der Waals surface area contributed by atoms with E-state index in [0.717, 1.165) is 24.4 Å². The zero-order valence-electron chi connectivity index (χ0n) is 15.5. The predicted octanol–water partition coefficient (Wildman–Crippen LogP) is 2.28. The lowest BCUT2D eigenvalue weighted by molar-refractivity contribution is 0.00578. The van der Waals surface area contributed by atoms with Gasteiger partial charge in [0.05, 0.1) is 22.5 Å². The van der Waals surface area contributed by atoms with Crippen molar-refractivity contribution in [3.05, 3.63) is 18.3 Å². The van der Waals surface area contributed by atoms with E-state index in [4.69, 9.17) is 9.31 Å². The Morgan fingerprint density at radius 3 is 2.33 bits per heavy atom. The van der Waals surface area contributed by atoms with Crippen LogP contribution >= 0.6 is 0 Å². The Hall–Kier alpha value is -1.11. The highest BCUT2D eigenvalue weighted by atomic mass is 16.7. The van der Waals surface area contributed by atoms with Crippen LogP contribution in [-0.4, -0.2) is 54.4 Å². The van der Waals surface area contributed by atoms with Crippen LogP contribution in [0, 0.1) is 0 Å².